The average molecular weight is 376 g/mol. The Balaban J connectivity index is 2.84. The second kappa shape index (κ2) is 8.75. The molecule has 0 spiro atoms. The van der Waals surface area contributed by atoms with Gasteiger partial charge in [0.2, 0.25) is 10.0 Å². The number of aryl methyl sites for hydroxylation is 1. The Labute approximate surface area is 145 Å². The number of benzene rings is 1. The van der Waals surface area contributed by atoms with E-state index in [2.05, 4.69) is 8.91 Å². The molecular formula is C16H25NO5S2. The van der Waals surface area contributed by atoms with Crippen LogP contribution in [0, 0.1) is 12.8 Å². The molecule has 0 aliphatic rings. The van der Waals surface area contributed by atoms with Gasteiger partial charge in [-0.05, 0) is 31.4 Å². The van der Waals surface area contributed by atoms with Crippen molar-refractivity contribution in [2.75, 3.05) is 12.9 Å². The highest BCUT2D eigenvalue weighted by atomic mass is 32.2. The van der Waals surface area contributed by atoms with Crippen molar-refractivity contribution in [3.05, 3.63) is 42.0 Å². The van der Waals surface area contributed by atoms with Crippen LogP contribution in [0.1, 0.15) is 25.8 Å². The molecule has 0 aromatic heterocycles. The number of nitrogens with one attached hydrogen (secondary N) is 1. The summed E-state index contributed by atoms with van der Waals surface area (Å²) in [6.07, 6.45) is 4.68. The molecule has 8 heteroatoms. The van der Waals surface area contributed by atoms with Gasteiger partial charge >= 0.3 is 0 Å². The van der Waals surface area contributed by atoms with E-state index in [1.807, 2.05) is 20.8 Å². The highest BCUT2D eigenvalue weighted by Gasteiger charge is 2.19. The monoisotopic (exact) mass is 375 g/mol. The molecule has 0 amide bonds. The van der Waals surface area contributed by atoms with E-state index < -0.39 is 26.2 Å². The Morgan fingerprint density at radius 3 is 2.21 bits per heavy atom. The number of rotatable bonds is 9. The first-order valence-electron chi connectivity index (χ1n) is 7.59. The zero-order valence-electron chi connectivity index (χ0n) is 14.4. The summed E-state index contributed by atoms with van der Waals surface area (Å²) in [5.74, 6) is 0.260. The fourth-order valence-corrected chi connectivity index (χ4v) is 3.57. The minimum Gasteiger partial charge on any atom is -0.266 e. The zero-order chi connectivity index (χ0) is 18.4. The van der Waals surface area contributed by atoms with Crippen LogP contribution in [0.2, 0.25) is 0 Å². The summed E-state index contributed by atoms with van der Waals surface area (Å²) in [6, 6.07) is 6.14. The van der Waals surface area contributed by atoms with Crippen molar-refractivity contribution in [2.24, 2.45) is 5.92 Å². The van der Waals surface area contributed by atoms with Gasteiger partial charge in [0.05, 0.1) is 17.8 Å². The van der Waals surface area contributed by atoms with E-state index in [9.17, 15) is 16.8 Å². The van der Waals surface area contributed by atoms with Gasteiger partial charge in [-0.15, -0.1) is 0 Å². The molecule has 136 valence electrons. The van der Waals surface area contributed by atoms with Gasteiger partial charge < -0.3 is 0 Å². The minimum atomic E-state index is -3.65. The predicted octanol–water partition coefficient (Wildman–Crippen LogP) is 2.22. The standard InChI is InChI=1S/C16H25NO5S2/c1-13(2)12-15(6-5-11-22-23(4,18)19)17-24(20,21)16-9-7-14(3)8-10-16/h5-10,13,15,17H,11-12H2,1-4H3/b6-5-/t15-/m1/s1. The first kappa shape index (κ1) is 20.8. The third kappa shape index (κ3) is 8.05. The van der Waals surface area contributed by atoms with E-state index in [4.69, 9.17) is 0 Å². The quantitative estimate of drug-likeness (QED) is 0.528. The van der Waals surface area contributed by atoms with Crippen LogP contribution in [0.5, 0.6) is 0 Å². The molecule has 1 rings (SSSR count). The normalized spacial score (nSPS) is 14.4. The molecule has 0 aliphatic carbocycles. The summed E-state index contributed by atoms with van der Waals surface area (Å²) >= 11 is 0. The molecule has 24 heavy (non-hydrogen) atoms. The molecule has 0 aliphatic heterocycles. The highest BCUT2D eigenvalue weighted by Crippen LogP contribution is 2.14. The Kier molecular flexibility index (Phi) is 7.59. The Hall–Kier alpha value is -1.22. The number of hydrogen-bond donors (Lipinski definition) is 1. The van der Waals surface area contributed by atoms with E-state index in [0.29, 0.717) is 6.42 Å². The van der Waals surface area contributed by atoms with E-state index in [1.165, 1.54) is 6.08 Å². The van der Waals surface area contributed by atoms with Crippen LogP contribution in [0.4, 0.5) is 0 Å². The van der Waals surface area contributed by atoms with E-state index in [0.717, 1.165) is 11.8 Å². The summed E-state index contributed by atoms with van der Waals surface area (Å²) in [7, 11) is -7.16. The smallest absolute Gasteiger partial charge is 0.264 e. The fourth-order valence-electron chi connectivity index (χ4n) is 2.04. The maximum atomic E-state index is 12.5. The first-order valence-corrected chi connectivity index (χ1v) is 10.9. The lowest BCUT2D eigenvalue weighted by molar-refractivity contribution is 0.360. The van der Waals surface area contributed by atoms with Crippen molar-refractivity contribution >= 4 is 20.1 Å². The van der Waals surface area contributed by atoms with Crippen LogP contribution in [0.25, 0.3) is 0 Å². The zero-order valence-corrected chi connectivity index (χ0v) is 16.0. The van der Waals surface area contributed by atoms with E-state index in [1.54, 1.807) is 30.3 Å². The van der Waals surface area contributed by atoms with Gasteiger partial charge in [0.1, 0.15) is 0 Å². The van der Waals surface area contributed by atoms with Crippen LogP contribution in [-0.4, -0.2) is 35.7 Å². The maximum Gasteiger partial charge on any atom is 0.264 e. The summed E-state index contributed by atoms with van der Waals surface area (Å²) < 4.78 is 54.0. The highest BCUT2D eigenvalue weighted by molar-refractivity contribution is 7.89. The van der Waals surface area contributed by atoms with Crippen molar-refractivity contribution in [1.29, 1.82) is 0 Å². The minimum absolute atomic E-state index is 0.125. The molecule has 0 bridgehead atoms. The van der Waals surface area contributed by atoms with E-state index in [-0.39, 0.29) is 17.4 Å². The lowest BCUT2D eigenvalue weighted by atomic mass is 10.0. The van der Waals surface area contributed by atoms with Crippen molar-refractivity contribution in [3.63, 3.8) is 0 Å². The van der Waals surface area contributed by atoms with Gasteiger partial charge in [-0.3, -0.25) is 4.18 Å². The van der Waals surface area contributed by atoms with Gasteiger partial charge in [0.15, 0.2) is 0 Å². The average Bonchev–Trinajstić information content (AvgIpc) is 2.42. The number of hydrogen-bond acceptors (Lipinski definition) is 5. The Morgan fingerprint density at radius 1 is 1.12 bits per heavy atom. The summed E-state index contributed by atoms with van der Waals surface area (Å²) in [5, 5.41) is 0. The summed E-state index contributed by atoms with van der Waals surface area (Å²) in [5.41, 5.74) is 0.977. The van der Waals surface area contributed by atoms with Crippen LogP contribution < -0.4 is 4.72 Å². The van der Waals surface area contributed by atoms with Gasteiger partial charge in [-0.1, -0.05) is 43.7 Å². The van der Waals surface area contributed by atoms with Crippen molar-refractivity contribution < 1.29 is 21.0 Å². The second-order valence-electron chi connectivity index (χ2n) is 6.09. The van der Waals surface area contributed by atoms with Crippen molar-refractivity contribution in [3.8, 4) is 0 Å². The fraction of sp³-hybridized carbons (Fsp3) is 0.500. The van der Waals surface area contributed by atoms with Crippen LogP contribution in [0.15, 0.2) is 41.3 Å². The molecule has 0 saturated heterocycles. The molecule has 0 unspecified atom stereocenters. The number of sulfonamides is 1. The van der Waals surface area contributed by atoms with Gasteiger partial charge in [0, 0.05) is 6.04 Å². The molecule has 0 radical (unpaired) electrons. The summed E-state index contributed by atoms with van der Waals surface area (Å²) in [6.45, 7) is 5.72. The SMILES string of the molecule is Cc1ccc(S(=O)(=O)N[C@H](/C=C\COS(C)(=O)=O)CC(C)C)cc1. The molecule has 1 atom stereocenters. The molecule has 1 aromatic rings. The summed E-state index contributed by atoms with van der Waals surface area (Å²) in [4.78, 5) is 0.197. The van der Waals surface area contributed by atoms with Crippen molar-refractivity contribution in [1.82, 2.24) is 4.72 Å². The molecule has 0 fully saturated rings. The third-order valence-electron chi connectivity index (χ3n) is 3.11. The lowest BCUT2D eigenvalue weighted by Crippen LogP contribution is -2.34. The van der Waals surface area contributed by atoms with Crippen molar-refractivity contribution in [2.45, 2.75) is 38.1 Å². The largest absolute Gasteiger partial charge is 0.266 e. The molecule has 0 saturated carbocycles. The second-order valence-corrected chi connectivity index (χ2v) is 9.45. The van der Waals surface area contributed by atoms with Gasteiger partial charge in [-0.2, -0.15) is 8.42 Å². The van der Waals surface area contributed by atoms with Crippen LogP contribution >= 0.6 is 0 Å². The van der Waals surface area contributed by atoms with Crippen LogP contribution in [-0.2, 0) is 24.3 Å². The molecular weight excluding hydrogens is 350 g/mol. The van der Waals surface area contributed by atoms with Gasteiger partial charge in [-0.25, -0.2) is 13.1 Å². The molecule has 1 N–H and O–H groups in total. The third-order valence-corrected chi connectivity index (χ3v) is 5.18. The Morgan fingerprint density at radius 2 is 1.71 bits per heavy atom. The molecule has 1 aromatic carbocycles. The molecule has 0 heterocycles. The van der Waals surface area contributed by atoms with Crippen LogP contribution in [0.3, 0.4) is 0 Å². The van der Waals surface area contributed by atoms with Gasteiger partial charge in [0.25, 0.3) is 10.1 Å². The topological polar surface area (TPSA) is 89.5 Å². The maximum absolute atomic E-state index is 12.5. The predicted molar refractivity (Wildman–Crippen MR) is 94.7 cm³/mol. The Bertz CT molecular complexity index is 750. The molecule has 6 nitrogen and oxygen atoms in total. The lowest BCUT2D eigenvalue weighted by Gasteiger charge is -2.17. The van der Waals surface area contributed by atoms with E-state index >= 15 is 0 Å². The first-order chi connectivity index (χ1) is 11.0.